The lowest BCUT2D eigenvalue weighted by molar-refractivity contribution is -0.124. The zero-order valence-electron chi connectivity index (χ0n) is 9.45. The minimum Gasteiger partial charge on any atom is -0.350 e. The summed E-state index contributed by atoms with van der Waals surface area (Å²) in [5, 5.41) is 6.74. The fourth-order valence-corrected chi connectivity index (χ4v) is 1.38. The summed E-state index contributed by atoms with van der Waals surface area (Å²) in [6, 6.07) is 3.38. The number of pyridine rings is 1. The van der Waals surface area contributed by atoms with Gasteiger partial charge in [0.25, 0.3) is 0 Å². The first kappa shape index (κ1) is 11.3. The molecule has 0 aliphatic heterocycles. The summed E-state index contributed by atoms with van der Waals surface area (Å²) in [7, 11) is 0. The van der Waals surface area contributed by atoms with Crippen LogP contribution in [-0.2, 0) is 11.3 Å². The summed E-state index contributed by atoms with van der Waals surface area (Å²) >= 11 is 0. The highest BCUT2D eigenvalue weighted by atomic mass is 16.2. The van der Waals surface area contributed by atoms with Gasteiger partial charge in [0.15, 0.2) is 0 Å². The quantitative estimate of drug-likeness (QED) is 0.834. The predicted octanol–water partition coefficient (Wildman–Crippen LogP) is 0.551. The molecule has 2 heterocycles. The molecule has 0 aliphatic rings. The molecule has 6 heteroatoms. The molecule has 0 unspecified atom stereocenters. The van der Waals surface area contributed by atoms with E-state index in [1.807, 2.05) is 12.1 Å². The maximum absolute atomic E-state index is 11.8. The van der Waals surface area contributed by atoms with E-state index < -0.39 is 0 Å². The number of carbonyl (C=O) groups excluding carboxylic acids is 1. The maximum Gasteiger partial charge on any atom is 0.244 e. The van der Waals surface area contributed by atoms with Gasteiger partial charge in [0.05, 0.1) is 0 Å². The van der Waals surface area contributed by atoms with Crippen LogP contribution in [0.4, 0.5) is 0 Å². The Morgan fingerprint density at radius 2 is 2.41 bits per heavy atom. The molecular formula is C11H13N5O. The van der Waals surface area contributed by atoms with Crippen molar-refractivity contribution in [3.8, 4) is 0 Å². The standard InChI is InChI=1S/C11H13N5O/c1-9(16-8-13-7-15-16)11(17)14-6-10-3-2-4-12-5-10/h2-5,7-9H,6H2,1H3,(H,14,17)/t9-/m1/s1. The zero-order chi connectivity index (χ0) is 12.1. The second-order valence-corrected chi connectivity index (χ2v) is 3.63. The number of nitrogens with zero attached hydrogens (tertiary/aromatic N) is 4. The second-order valence-electron chi connectivity index (χ2n) is 3.63. The fraction of sp³-hybridized carbons (Fsp3) is 0.273. The molecule has 88 valence electrons. The maximum atomic E-state index is 11.8. The van der Waals surface area contributed by atoms with Gasteiger partial charge in [-0.3, -0.25) is 9.78 Å². The lowest BCUT2D eigenvalue weighted by atomic mass is 10.2. The summed E-state index contributed by atoms with van der Waals surface area (Å²) in [4.78, 5) is 19.6. The molecule has 2 aromatic heterocycles. The van der Waals surface area contributed by atoms with Crippen molar-refractivity contribution in [2.45, 2.75) is 19.5 Å². The monoisotopic (exact) mass is 231 g/mol. The zero-order valence-corrected chi connectivity index (χ0v) is 9.45. The van der Waals surface area contributed by atoms with Crippen LogP contribution in [0.2, 0.25) is 0 Å². The first-order valence-corrected chi connectivity index (χ1v) is 5.28. The fourth-order valence-electron chi connectivity index (χ4n) is 1.38. The predicted molar refractivity (Wildman–Crippen MR) is 60.8 cm³/mol. The minimum atomic E-state index is -0.367. The van der Waals surface area contributed by atoms with E-state index in [0.29, 0.717) is 6.54 Å². The van der Waals surface area contributed by atoms with Gasteiger partial charge in [0, 0.05) is 18.9 Å². The van der Waals surface area contributed by atoms with Gasteiger partial charge in [-0.05, 0) is 18.6 Å². The van der Waals surface area contributed by atoms with Gasteiger partial charge in [-0.25, -0.2) is 9.67 Å². The summed E-state index contributed by atoms with van der Waals surface area (Å²) in [5.74, 6) is -0.0978. The van der Waals surface area contributed by atoms with Crippen LogP contribution < -0.4 is 5.32 Å². The Balaban J connectivity index is 1.90. The van der Waals surface area contributed by atoms with Crippen LogP contribution >= 0.6 is 0 Å². The highest BCUT2D eigenvalue weighted by molar-refractivity contribution is 5.79. The van der Waals surface area contributed by atoms with Crippen molar-refractivity contribution in [3.63, 3.8) is 0 Å². The smallest absolute Gasteiger partial charge is 0.244 e. The van der Waals surface area contributed by atoms with E-state index in [4.69, 9.17) is 0 Å². The van der Waals surface area contributed by atoms with E-state index in [-0.39, 0.29) is 11.9 Å². The van der Waals surface area contributed by atoms with Crippen molar-refractivity contribution in [1.29, 1.82) is 0 Å². The lowest BCUT2D eigenvalue weighted by Gasteiger charge is -2.11. The molecule has 17 heavy (non-hydrogen) atoms. The SMILES string of the molecule is C[C@H](C(=O)NCc1cccnc1)n1cncn1. The number of rotatable bonds is 4. The Hall–Kier alpha value is -2.24. The van der Waals surface area contributed by atoms with E-state index in [0.717, 1.165) is 5.56 Å². The van der Waals surface area contributed by atoms with Gasteiger partial charge in [-0.1, -0.05) is 6.07 Å². The van der Waals surface area contributed by atoms with Crippen LogP contribution in [0.3, 0.4) is 0 Å². The number of nitrogens with one attached hydrogen (secondary N) is 1. The van der Waals surface area contributed by atoms with E-state index >= 15 is 0 Å². The van der Waals surface area contributed by atoms with Gasteiger partial charge in [-0.2, -0.15) is 5.10 Å². The molecule has 0 saturated heterocycles. The minimum absolute atomic E-state index is 0.0978. The molecule has 1 atom stereocenters. The molecule has 0 fully saturated rings. The molecule has 0 spiro atoms. The van der Waals surface area contributed by atoms with Crippen LogP contribution in [-0.4, -0.2) is 25.7 Å². The Morgan fingerprint density at radius 1 is 1.53 bits per heavy atom. The van der Waals surface area contributed by atoms with Gasteiger partial charge in [0.1, 0.15) is 18.7 Å². The number of hydrogen-bond donors (Lipinski definition) is 1. The molecule has 0 bridgehead atoms. The molecule has 0 aromatic carbocycles. The van der Waals surface area contributed by atoms with Crippen molar-refractivity contribution in [3.05, 3.63) is 42.7 Å². The number of amides is 1. The van der Waals surface area contributed by atoms with Gasteiger partial charge >= 0.3 is 0 Å². The van der Waals surface area contributed by atoms with Crippen LogP contribution in [0.1, 0.15) is 18.5 Å². The van der Waals surface area contributed by atoms with E-state index in [2.05, 4.69) is 20.4 Å². The summed E-state index contributed by atoms with van der Waals surface area (Å²) in [6.45, 7) is 2.24. The number of carbonyl (C=O) groups is 1. The van der Waals surface area contributed by atoms with Crippen LogP contribution in [0.25, 0.3) is 0 Å². The summed E-state index contributed by atoms with van der Waals surface area (Å²) in [5.41, 5.74) is 0.964. The van der Waals surface area contributed by atoms with Crippen LogP contribution in [0.15, 0.2) is 37.2 Å². The molecule has 6 nitrogen and oxygen atoms in total. The topological polar surface area (TPSA) is 72.7 Å². The lowest BCUT2D eigenvalue weighted by Crippen LogP contribution is -2.30. The largest absolute Gasteiger partial charge is 0.350 e. The van der Waals surface area contributed by atoms with Crippen molar-refractivity contribution >= 4 is 5.91 Å². The summed E-state index contributed by atoms with van der Waals surface area (Å²) in [6.07, 6.45) is 6.35. The average Bonchev–Trinajstić information content (AvgIpc) is 2.90. The first-order valence-electron chi connectivity index (χ1n) is 5.28. The molecule has 0 saturated carbocycles. The van der Waals surface area contributed by atoms with Crippen molar-refractivity contribution in [1.82, 2.24) is 25.1 Å². The second kappa shape index (κ2) is 5.20. The average molecular weight is 231 g/mol. The highest BCUT2D eigenvalue weighted by Gasteiger charge is 2.14. The third-order valence-electron chi connectivity index (χ3n) is 2.40. The Morgan fingerprint density at radius 3 is 3.06 bits per heavy atom. The van der Waals surface area contributed by atoms with Gasteiger partial charge in [-0.15, -0.1) is 0 Å². The van der Waals surface area contributed by atoms with E-state index in [9.17, 15) is 4.79 Å². The highest BCUT2D eigenvalue weighted by Crippen LogP contribution is 2.02. The Bertz CT molecular complexity index is 468. The molecule has 0 aliphatic carbocycles. The van der Waals surface area contributed by atoms with E-state index in [1.165, 1.54) is 17.3 Å². The Labute approximate surface area is 98.7 Å². The molecule has 0 radical (unpaired) electrons. The molecule has 1 amide bonds. The van der Waals surface area contributed by atoms with Gasteiger partial charge < -0.3 is 5.32 Å². The van der Waals surface area contributed by atoms with Gasteiger partial charge in [0.2, 0.25) is 5.91 Å². The first-order chi connectivity index (χ1) is 8.27. The normalized spacial score (nSPS) is 12.1. The summed E-state index contributed by atoms with van der Waals surface area (Å²) < 4.78 is 1.51. The Kier molecular flexibility index (Phi) is 3.44. The van der Waals surface area contributed by atoms with Crippen molar-refractivity contribution in [2.75, 3.05) is 0 Å². The van der Waals surface area contributed by atoms with Crippen molar-refractivity contribution in [2.24, 2.45) is 0 Å². The molecule has 2 rings (SSSR count). The van der Waals surface area contributed by atoms with Crippen molar-refractivity contribution < 1.29 is 4.79 Å². The molecule has 2 aromatic rings. The molecular weight excluding hydrogens is 218 g/mol. The van der Waals surface area contributed by atoms with E-state index in [1.54, 1.807) is 19.3 Å². The molecule has 1 N–H and O–H groups in total. The third kappa shape index (κ3) is 2.87. The number of aromatic nitrogens is 4. The van der Waals surface area contributed by atoms with Crippen LogP contribution in [0.5, 0.6) is 0 Å². The van der Waals surface area contributed by atoms with Crippen LogP contribution in [0, 0.1) is 0 Å². The third-order valence-corrected chi connectivity index (χ3v) is 2.40. The number of hydrogen-bond acceptors (Lipinski definition) is 4.